The monoisotopic (exact) mass is 385 g/mol. The molecule has 132 valence electrons. The van der Waals surface area contributed by atoms with Gasteiger partial charge in [-0.05, 0) is 42.8 Å². The normalized spacial score (nSPS) is 17.7. The van der Waals surface area contributed by atoms with Crippen molar-refractivity contribution in [3.05, 3.63) is 64.7 Å². The third kappa shape index (κ3) is 3.39. The number of carbonyl (C=O) groups is 1. The highest BCUT2D eigenvalue weighted by atomic mass is 35.5. The van der Waals surface area contributed by atoms with Crippen LogP contribution in [0.1, 0.15) is 16.8 Å². The summed E-state index contributed by atoms with van der Waals surface area (Å²) in [6.45, 7) is 0.00165. The third-order valence-corrected chi connectivity index (χ3v) is 6.63. The van der Waals surface area contributed by atoms with Crippen molar-refractivity contribution < 1.29 is 22.0 Å². The van der Waals surface area contributed by atoms with E-state index in [9.17, 15) is 22.0 Å². The van der Waals surface area contributed by atoms with Gasteiger partial charge in [-0.15, -0.1) is 0 Å². The van der Waals surface area contributed by atoms with E-state index < -0.39 is 38.2 Å². The molecule has 8 heteroatoms. The molecule has 0 aromatic heterocycles. The van der Waals surface area contributed by atoms with Gasteiger partial charge in [0.2, 0.25) is 0 Å². The molecule has 1 heterocycles. The largest absolute Gasteiger partial charge is 0.337 e. The molecule has 1 aliphatic heterocycles. The molecule has 1 atom stereocenters. The molecule has 25 heavy (non-hydrogen) atoms. The Hall–Kier alpha value is -1.99. The lowest BCUT2D eigenvalue weighted by Crippen LogP contribution is -2.33. The molecular formula is C17H14ClF2NO3S. The smallest absolute Gasteiger partial charge is 0.259 e. The SMILES string of the molecule is O=C(c1c(F)cccc1F)N1CCC(S(=O)(=O)c2ccc(Cl)cc2)C1. The number of amides is 1. The van der Waals surface area contributed by atoms with Crippen molar-refractivity contribution in [2.45, 2.75) is 16.6 Å². The molecule has 1 fully saturated rings. The second kappa shape index (κ2) is 6.72. The molecule has 0 aliphatic carbocycles. The lowest BCUT2D eigenvalue weighted by Gasteiger charge is -2.17. The molecule has 1 saturated heterocycles. The van der Waals surface area contributed by atoms with Crippen molar-refractivity contribution in [1.82, 2.24) is 4.90 Å². The van der Waals surface area contributed by atoms with Crippen molar-refractivity contribution in [2.75, 3.05) is 13.1 Å². The lowest BCUT2D eigenvalue weighted by molar-refractivity contribution is 0.0783. The van der Waals surface area contributed by atoms with Gasteiger partial charge in [0, 0.05) is 18.1 Å². The van der Waals surface area contributed by atoms with Crippen molar-refractivity contribution in [3.8, 4) is 0 Å². The summed E-state index contributed by atoms with van der Waals surface area (Å²) in [5, 5.41) is -0.412. The number of halogens is 3. The van der Waals surface area contributed by atoms with Crippen LogP contribution in [0.5, 0.6) is 0 Å². The lowest BCUT2D eigenvalue weighted by atomic mass is 10.1. The molecule has 1 unspecified atom stereocenters. The Morgan fingerprint density at radius 1 is 1.08 bits per heavy atom. The van der Waals surface area contributed by atoms with Gasteiger partial charge in [0.1, 0.15) is 17.2 Å². The van der Waals surface area contributed by atoms with E-state index in [1.54, 1.807) is 0 Å². The standard InChI is InChI=1S/C17H14ClF2NO3S/c18-11-4-6-12(7-5-11)25(23,24)13-8-9-21(10-13)17(22)16-14(19)2-1-3-15(16)20/h1-7,13H,8-10H2. The quantitative estimate of drug-likeness (QED) is 0.814. The Bertz CT molecular complexity index is 896. The molecule has 0 N–H and O–H groups in total. The van der Waals surface area contributed by atoms with Crippen LogP contribution in [-0.4, -0.2) is 37.6 Å². The molecule has 0 radical (unpaired) electrons. The summed E-state index contributed by atoms with van der Waals surface area (Å²) in [5.74, 6) is -2.77. The minimum absolute atomic E-state index is 0.105. The van der Waals surface area contributed by atoms with Gasteiger partial charge in [-0.25, -0.2) is 17.2 Å². The zero-order chi connectivity index (χ0) is 18.2. The van der Waals surface area contributed by atoms with E-state index in [0.29, 0.717) is 5.02 Å². The van der Waals surface area contributed by atoms with Gasteiger partial charge in [0.15, 0.2) is 9.84 Å². The average molecular weight is 386 g/mol. The Morgan fingerprint density at radius 3 is 2.28 bits per heavy atom. The molecule has 1 amide bonds. The predicted octanol–water partition coefficient (Wildman–Crippen LogP) is 3.31. The summed E-state index contributed by atoms with van der Waals surface area (Å²) in [6, 6.07) is 8.90. The molecule has 2 aromatic rings. The van der Waals surface area contributed by atoms with Gasteiger partial charge < -0.3 is 4.90 Å². The first kappa shape index (κ1) is 17.8. The summed E-state index contributed by atoms with van der Waals surface area (Å²) in [7, 11) is -3.66. The summed E-state index contributed by atoms with van der Waals surface area (Å²) in [6.07, 6.45) is 0.201. The van der Waals surface area contributed by atoms with Crippen molar-refractivity contribution >= 4 is 27.3 Å². The summed E-state index contributed by atoms with van der Waals surface area (Å²) >= 11 is 5.76. The van der Waals surface area contributed by atoms with Gasteiger partial charge in [-0.1, -0.05) is 17.7 Å². The van der Waals surface area contributed by atoms with Crippen molar-refractivity contribution in [3.63, 3.8) is 0 Å². The van der Waals surface area contributed by atoms with E-state index in [4.69, 9.17) is 11.6 Å². The van der Waals surface area contributed by atoms with E-state index in [1.807, 2.05) is 0 Å². The fraction of sp³-hybridized carbons (Fsp3) is 0.235. The number of benzene rings is 2. The number of hydrogen-bond acceptors (Lipinski definition) is 3. The van der Waals surface area contributed by atoms with Crippen molar-refractivity contribution in [2.24, 2.45) is 0 Å². The molecule has 1 aliphatic rings. The van der Waals surface area contributed by atoms with Gasteiger partial charge in [-0.2, -0.15) is 0 Å². The van der Waals surface area contributed by atoms with E-state index in [2.05, 4.69) is 0 Å². The zero-order valence-electron chi connectivity index (χ0n) is 13.0. The van der Waals surface area contributed by atoms with E-state index >= 15 is 0 Å². The number of carbonyl (C=O) groups excluding carboxylic acids is 1. The maximum Gasteiger partial charge on any atom is 0.259 e. The van der Waals surface area contributed by atoms with Gasteiger partial charge in [0.25, 0.3) is 5.91 Å². The Labute approximate surface area is 148 Å². The fourth-order valence-electron chi connectivity index (χ4n) is 2.84. The molecule has 0 bridgehead atoms. The molecule has 4 nitrogen and oxygen atoms in total. The predicted molar refractivity (Wildman–Crippen MR) is 89.3 cm³/mol. The number of hydrogen-bond donors (Lipinski definition) is 0. The van der Waals surface area contributed by atoms with Crippen LogP contribution in [0.15, 0.2) is 47.4 Å². The van der Waals surface area contributed by atoms with E-state index in [1.165, 1.54) is 35.2 Å². The Kier molecular flexibility index (Phi) is 4.79. The molecule has 2 aromatic carbocycles. The van der Waals surface area contributed by atoms with Crippen LogP contribution < -0.4 is 0 Å². The van der Waals surface area contributed by atoms with E-state index in [-0.39, 0.29) is 24.4 Å². The second-order valence-electron chi connectivity index (χ2n) is 5.76. The molecule has 3 rings (SSSR count). The van der Waals surface area contributed by atoms with Crippen LogP contribution >= 0.6 is 11.6 Å². The third-order valence-electron chi connectivity index (χ3n) is 4.19. The van der Waals surface area contributed by atoms with Crippen LogP contribution in [0.25, 0.3) is 0 Å². The first-order chi connectivity index (χ1) is 11.8. The van der Waals surface area contributed by atoms with Crippen LogP contribution in [0, 0.1) is 11.6 Å². The highest BCUT2D eigenvalue weighted by Gasteiger charge is 2.37. The zero-order valence-corrected chi connectivity index (χ0v) is 14.5. The minimum Gasteiger partial charge on any atom is -0.337 e. The average Bonchev–Trinajstić information content (AvgIpc) is 3.06. The van der Waals surface area contributed by atoms with Crippen LogP contribution in [0.3, 0.4) is 0 Å². The number of likely N-dealkylation sites (tertiary alicyclic amines) is 1. The summed E-state index contributed by atoms with van der Waals surface area (Å²) < 4.78 is 52.8. The van der Waals surface area contributed by atoms with E-state index in [0.717, 1.165) is 12.1 Å². The molecular weight excluding hydrogens is 372 g/mol. The first-order valence-electron chi connectivity index (χ1n) is 7.53. The number of sulfone groups is 1. The second-order valence-corrected chi connectivity index (χ2v) is 8.42. The van der Waals surface area contributed by atoms with Crippen LogP contribution in [0.2, 0.25) is 5.02 Å². The Morgan fingerprint density at radius 2 is 1.68 bits per heavy atom. The number of rotatable bonds is 3. The van der Waals surface area contributed by atoms with Gasteiger partial charge >= 0.3 is 0 Å². The summed E-state index contributed by atoms with van der Waals surface area (Å²) in [4.78, 5) is 13.6. The first-order valence-corrected chi connectivity index (χ1v) is 9.46. The topological polar surface area (TPSA) is 54.5 Å². The maximum atomic E-state index is 13.8. The van der Waals surface area contributed by atoms with Crippen molar-refractivity contribution in [1.29, 1.82) is 0 Å². The van der Waals surface area contributed by atoms with Gasteiger partial charge in [-0.3, -0.25) is 4.79 Å². The molecule has 0 saturated carbocycles. The minimum atomic E-state index is -3.66. The molecule has 0 spiro atoms. The highest BCUT2D eigenvalue weighted by molar-refractivity contribution is 7.92. The summed E-state index contributed by atoms with van der Waals surface area (Å²) in [5.41, 5.74) is -0.660. The maximum absolute atomic E-state index is 13.8. The van der Waals surface area contributed by atoms with Crippen LogP contribution in [-0.2, 0) is 9.84 Å². The highest BCUT2D eigenvalue weighted by Crippen LogP contribution is 2.27. The van der Waals surface area contributed by atoms with Crippen LogP contribution in [0.4, 0.5) is 8.78 Å². The number of nitrogens with zero attached hydrogens (tertiary/aromatic N) is 1. The fourth-order valence-corrected chi connectivity index (χ4v) is 4.66. The van der Waals surface area contributed by atoms with Gasteiger partial charge in [0.05, 0.1) is 10.1 Å². The Balaban J connectivity index is 1.82.